The highest BCUT2D eigenvalue weighted by Crippen LogP contribution is 2.32. The minimum Gasteiger partial charge on any atom is -0.341 e. The number of ketones is 1. The molecule has 0 bridgehead atoms. The Bertz CT molecular complexity index is 929. The molecule has 0 saturated heterocycles. The second-order valence-electron chi connectivity index (χ2n) is 5.17. The summed E-state index contributed by atoms with van der Waals surface area (Å²) in [6.07, 6.45) is -1.66. The van der Waals surface area contributed by atoms with E-state index in [2.05, 4.69) is 4.98 Å². The number of para-hydroxylation sites is 1. The number of Topliss-reactive ketones (excluding diaryl/α,β-unsaturated/α-hetero) is 1. The van der Waals surface area contributed by atoms with Crippen LogP contribution in [0.5, 0.6) is 0 Å². The Hall–Kier alpha value is -2.96. The van der Waals surface area contributed by atoms with Crippen LogP contribution in [0, 0.1) is 0 Å². The predicted molar refractivity (Wildman–Crippen MR) is 80.7 cm³/mol. The van der Waals surface area contributed by atoms with Crippen LogP contribution in [-0.2, 0) is 17.5 Å². The van der Waals surface area contributed by atoms with Crippen molar-refractivity contribution in [2.45, 2.75) is 12.7 Å². The number of alkyl halides is 3. The summed E-state index contributed by atoms with van der Waals surface area (Å²) in [5.74, 6) is -0.720. The summed E-state index contributed by atoms with van der Waals surface area (Å²) in [4.78, 5) is 26.4. The summed E-state index contributed by atoms with van der Waals surface area (Å²) < 4.78 is 40.8. The van der Waals surface area contributed by atoms with Gasteiger partial charge in [0.05, 0.1) is 23.4 Å². The maximum Gasteiger partial charge on any atom is 0.418 e. The molecule has 0 saturated carbocycles. The minimum atomic E-state index is -4.52. The van der Waals surface area contributed by atoms with Crippen molar-refractivity contribution in [2.75, 3.05) is 0 Å². The predicted octanol–water partition coefficient (Wildman–Crippen LogP) is 3.49. The van der Waals surface area contributed by atoms with E-state index in [1.807, 2.05) is 0 Å². The average Bonchev–Trinajstić information content (AvgIpc) is 2.93. The van der Waals surface area contributed by atoms with Crippen molar-refractivity contribution in [3.63, 3.8) is 0 Å². The third kappa shape index (κ3) is 2.80. The number of halogens is 3. The smallest absolute Gasteiger partial charge is 0.341 e. The van der Waals surface area contributed by atoms with E-state index in [0.29, 0.717) is 10.9 Å². The lowest BCUT2D eigenvalue weighted by Gasteiger charge is -2.12. The number of aldehydes is 1. The number of benzene rings is 1. The molecule has 0 atom stereocenters. The molecule has 1 aromatic carbocycles. The van der Waals surface area contributed by atoms with Gasteiger partial charge in [0.1, 0.15) is 0 Å². The largest absolute Gasteiger partial charge is 0.418 e. The summed E-state index contributed by atoms with van der Waals surface area (Å²) in [7, 11) is 0. The molecule has 0 aliphatic rings. The van der Waals surface area contributed by atoms with E-state index in [1.54, 1.807) is 24.3 Å². The summed E-state index contributed by atoms with van der Waals surface area (Å²) in [5.41, 5.74) is -0.270. The van der Waals surface area contributed by atoms with Crippen molar-refractivity contribution < 1.29 is 22.8 Å². The molecule has 0 unspecified atom stereocenters. The fourth-order valence-corrected chi connectivity index (χ4v) is 2.62. The molecule has 4 nitrogen and oxygen atoms in total. The Labute approximate surface area is 134 Å². The van der Waals surface area contributed by atoms with E-state index in [1.165, 1.54) is 23.0 Å². The lowest BCUT2D eigenvalue weighted by atomic mass is 10.1. The van der Waals surface area contributed by atoms with Crippen LogP contribution < -0.4 is 0 Å². The zero-order chi connectivity index (χ0) is 17.3. The van der Waals surface area contributed by atoms with Gasteiger partial charge in [0.15, 0.2) is 6.29 Å². The van der Waals surface area contributed by atoms with Gasteiger partial charge in [-0.05, 0) is 18.2 Å². The van der Waals surface area contributed by atoms with Gasteiger partial charge in [-0.25, -0.2) is 0 Å². The zero-order valence-corrected chi connectivity index (χ0v) is 12.2. The van der Waals surface area contributed by atoms with Gasteiger partial charge in [-0.2, -0.15) is 13.2 Å². The van der Waals surface area contributed by atoms with Gasteiger partial charge in [0.25, 0.3) is 0 Å². The summed E-state index contributed by atoms with van der Waals surface area (Å²) in [6.45, 7) is -0.164. The number of nitrogens with zero attached hydrogens (tertiary/aromatic N) is 2. The average molecular weight is 332 g/mol. The van der Waals surface area contributed by atoms with E-state index in [0.717, 1.165) is 6.07 Å². The summed E-state index contributed by atoms with van der Waals surface area (Å²) >= 11 is 0. The van der Waals surface area contributed by atoms with Crippen LogP contribution in [0.1, 0.15) is 21.6 Å². The molecule has 7 heteroatoms. The monoisotopic (exact) mass is 332 g/mol. The fraction of sp³-hybridized carbons (Fsp3) is 0.118. The minimum absolute atomic E-state index is 0.157. The van der Waals surface area contributed by atoms with Crippen LogP contribution >= 0.6 is 0 Å². The van der Waals surface area contributed by atoms with Gasteiger partial charge in [0, 0.05) is 23.3 Å². The number of aromatic nitrogens is 2. The van der Waals surface area contributed by atoms with Crippen LogP contribution in [0.15, 0.2) is 48.8 Å². The molecule has 0 radical (unpaired) electrons. The third-order valence-corrected chi connectivity index (χ3v) is 3.68. The van der Waals surface area contributed by atoms with Crippen LogP contribution in [0.25, 0.3) is 10.9 Å². The van der Waals surface area contributed by atoms with Crippen molar-refractivity contribution >= 4 is 23.0 Å². The summed E-state index contributed by atoms with van der Waals surface area (Å²) in [5, 5.41) is 0.513. The molecule has 0 spiro atoms. The molecular formula is C17H11F3N2O2. The Kier molecular flexibility index (Phi) is 3.92. The van der Waals surface area contributed by atoms with E-state index in [9.17, 15) is 22.8 Å². The standard InChI is InChI=1S/C17H11F3N2O2/c18-17(19,20)13-5-3-7-21-14(13)9-22-8-12(16(24)10-23)11-4-1-2-6-15(11)22/h1-8,10H,9H2. The van der Waals surface area contributed by atoms with Crippen LogP contribution in [0.4, 0.5) is 13.2 Å². The fourth-order valence-electron chi connectivity index (χ4n) is 2.62. The third-order valence-electron chi connectivity index (χ3n) is 3.68. The van der Waals surface area contributed by atoms with E-state index < -0.39 is 17.5 Å². The molecule has 0 aliphatic heterocycles. The molecule has 3 aromatic rings. The molecule has 0 fully saturated rings. The van der Waals surface area contributed by atoms with Gasteiger partial charge >= 0.3 is 6.18 Å². The van der Waals surface area contributed by atoms with Gasteiger partial charge < -0.3 is 4.57 Å². The van der Waals surface area contributed by atoms with Crippen LogP contribution in [0.2, 0.25) is 0 Å². The van der Waals surface area contributed by atoms with Gasteiger partial charge in [0.2, 0.25) is 5.78 Å². The molecule has 2 aromatic heterocycles. The van der Waals surface area contributed by atoms with Crippen LogP contribution in [0.3, 0.4) is 0 Å². The van der Waals surface area contributed by atoms with E-state index in [4.69, 9.17) is 0 Å². The number of carbonyl (C=O) groups is 2. The molecule has 0 aliphatic carbocycles. The molecule has 24 heavy (non-hydrogen) atoms. The molecule has 122 valence electrons. The van der Waals surface area contributed by atoms with Gasteiger partial charge in [-0.1, -0.05) is 18.2 Å². The van der Waals surface area contributed by atoms with Crippen molar-refractivity contribution in [3.8, 4) is 0 Å². The number of hydrogen-bond donors (Lipinski definition) is 0. The molecule has 2 heterocycles. The first-order chi connectivity index (χ1) is 11.4. The van der Waals surface area contributed by atoms with Crippen molar-refractivity contribution in [2.24, 2.45) is 0 Å². The van der Waals surface area contributed by atoms with Crippen molar-refractivity contribution in [1.29, 1.82) is 0 Å². The van der Waals surface area contributed by atoms with Gasteiger partial charge in [-0.3, -0.25) is 14.6 Å². The Morgan fingerprint density at radius 3 is 2.62 bits per heavy atom. The topological polar surface area (TPSA) is 52.0 Å². The first-order valence-electron chi connectivity index (χ1n) is 7.00. The quantitative estimate of drug-likeness (QED) is 0.417. The molecule has 0 amide bonds. The Morgan fingerprint density at radius 1 is 1.17 bits per heavy atom. The lowest BCUT2D eigenvalue weighted by Crippen LogP contribution is -2.13. The zero-order valence-electron chi connectivity index (χ0n) is 12.2. The Balaban J connectivity index is 2.13. The Morgan fingerprint density at radius 2 is 1.92 bits per heavy atom. The van der Waals surface area contributed by atoms with Crippen molar-refractivity contribution in [3.05, 3.63) is 65.6 Å². The highest BCUT2D eigenvalue weighted by Gasteiger charge is 2.34. The lowest BCUT2D eigenvalue weighted by molar-refractivity contribution is -0.138. The second-order valence-corrected chi connectivity index (χ2v) is 5.17. The maximum absolute atomic E-state index is 13.1. The maximum atomic E-state index is 13.1. The number of hydrogen-bond acceptors (Lipinski definition) is 3. The van der Waals surface area contributed by atoms with Crippen LogP contribution in [-0.4, -0.2) is 21.6 Å². The van der Waals surface area contributed by atoms with E-state index in [-0.39, 0.29) is 24.1 Å². The highest BCUT2D eigenvalue weighted by molar-refractivity contribution is 6.36. The number of pyridine rings is 1. The number of fused-ring (bicyclic) bond motifs is 1. The normalized spacial score (nSPS) is 11.6. The van der Waals surface area contributed by atoms with E-state index >= 15 is 0 Å². The number of rotatable bonds is 4. The number of carbonyl (C=O) groups excluding carboxylic acids is 2. The molecular weight excluding hydrogens is 321 g/mol. The second kappa shape index (κ2) is 5.92. The first kappa shape index (κ1) is 15.9. The van der Waals surface area contributed by atoms with Gasteiger partial charge in [-0.15, -0.1) is 0 Å². The first-order valence-corrected chi connectivity index (χ1v) is 7.00. The summed E-state index contributed by atoms with van der Waals surface area (Å²) in [6, 6.07) is 8.90. The SMILES string of the molecule is O=CC(=O)c1cn(Cc2ncccc2C(F)(F)F)c2ccccc12. The molecule has 0 N–H and O–H groups in total. The molecule has 3 rings (SSSR count). The van der Waals surface area contributed by atoms with Crippen molar-refractivity contribution in [1.82, 2.24) is 9.55 Å². The highest BCUT2D eigenvalue weighted by atomic mass is 19.4.